The van der Waals surface area contributed by atoms with E-state index in [1.165, 1.54) is 4.91 Å². The smallest absolute Gasteiger partial charge is 0.171 e. The first kappa shape index (κ1) is 13.6. The number of carbonyl (C=O) groups is 1. The van der Waals surface area contributed by atoms with Gasteiger partial charge in [-0.15, -0.1) is 0 Å². The van der Waals surface area contributed by atoms with Crippen LogP contribution in [0.4, 0.5) is 5.69 Å². The molecule has 0 aromatic heterocycles. The Morgan fingerprint density at radius 3 is 2.55 bits per heavy atom. The Bertz CT molecular complexity index is 654. The van der Waals surface area contributed by atoms with Crippen LogP contribution in [0.5, 0.6) is 0 Å². The molecule has 1 unspecified atom stereocenters. The van der Waals surface area contributed by atoms with Crippen molar-refractivity contribution in [2.24, 2.45) is 10.5 Å². The molecule has 1 aromatic carbocycles. The maximum absolute atomic E-state index is 11.3. The maximum Gasteiger partial charge on any atom is 0.171 e. The number of para-hydroxylation sites is 1. The Hall–Kier alpha value is -1.33. The fraction of sp³-hybridized carbons (Fsp3) is 0.267. The van der Waals surface area contributed by atoms with Crippen molar-refractivity contribution in [3.63, 3.8) is 0 Å². The highest BCUT2D eigenvalue weighted by molar-refractivity contribution is 8.86. The molecule has 104 valence electrons. The Labute approximate surface area is 125 Å². The van der Waals surface area contributed by atoms with Crippen molar-refractivity contribution in [2.75, 3.05) is 4.41 Å². The standard InChI is InChI=1S/C15H16N2OS2/c1-15(2,3)14-9-13-12(10-18)16-17(20(13)19-14)11-7-5-4-6-8-11/h4-10H,1-3H3. The van der Waals surface area contributed by atoms with Crippen molar-refractivity contribution in [1.29, 1.82) is 0 Å². The highest BCUT2D eigenvalue weighted by Gasteiger charge is 2.34. The molecule has 2 aliphatic rings. The third kappa shape index (κ3) is 2.25. The second-order valence-corrected chi connectivity index (χ2v) is 9.00. The molecule has 0 saturated carbocycles. The van der Waals surface area contributed by atoms with Gasteiger partial charge >= 0.3 is 0 Å². The van der Waals surface area contributed by atoms with E-state index in [0.717, 1.165) is 16.8 Å². The Kier molecular flexibility index (Phi) is 3.34. The number of aldehydes is 1. The van der Waals surface area contributed by atoms with Gasteiger partial charge in [-0.1, -0.05) is 39.0 Å². The van der Waals surface area contributed by atoms with Crippen LogP contribution in [-0.2, 0) is 4.79 Å². The minimum atomic E-state index is -0.224. The Balaban J connectivity index is 2.00. The number of nitrogens with zero attached hydrogens (tertiary/aromatic N) is 2. The molecule has 1 aromatic rings. The van der Waals surface area contributed by atoms with Crippen molar-refractivity contribution in [3.05, 3.63) is 41.3 Å². The van der Waals surface area contributed by atoms with Gasteiger partial charge in [0.1, 0.15) is 5.71 Å². The van der Waals surface area contributed by atoms with E-state index >= 15 is 0 Å². The van der Waals surface area contributed by atoms with Gasteiger partial charge in [-0.25, -0.2) is 4.41 Å². The topological polar surface area (TPSA) is 32.7 Å². The summed E-state index contributed by atoms with van der Waals surface area (Å²) in [6.07, 6.45) is 3.00. The summed E-state index contributed by atoms with van der Waals surface area (Å²) in [4.78, 5) is 13.6. The number of hydrazone groups is 1. The van der Waals surface area contributed by atoms with Crippen molar-refractivity contribution in [3.8, 4) is 0 Å². The van der Waals surface area contributed by atoms with Gasteiger partial charge in [-0.05, 0) is 34.4 Å². The molecule has 0 radical (unpaired) electrons. The predicted molar refractivity (Wildman–Crippen MR) is 90.1 cm³/mol. The van der Waals surface area contributed by atoms with Crippen LogP contribution in [0, 0.1) is 5.41 Å². The SMILES string of the molecule is CC(C)(C)C1=CC2=S(S1)N(c1ccccc1)N=C2C=O. The van der Waals surface area contributed by atoms with Crippen molar-refractivity contribution in [2.45, 2.75) is 20.8 Å². The maximum atomic E-state index is 11.3. The summed E-state index contributed by atoms with van der Waals surface area (Å²) >= 11 is 0. The molecule has 0 fully saturated rings. The number of rotatable bonds is 2. The minimum Gasteiger partial charge on any atom is -0.296 e. The number of hydrogen-bond acceptors (Lipinski definition) is 4. The molecule has 0 saturated heterocycles. The minimum absolute atomic E-state index is 0.103. The van der Waals surface area contributed by atoms with Gasteiger partial charge in [0, 0.05) is 14.6 Å². The van der Waals surface area contributed by atoms with E-state index in [-0.39, 0.29) is 15.1 Å². The van der Waals surface area contributed by atoms with Gasteiger partial charge in [0.05, 0.1) is 10.6 Å². The van der Waals surface area contributed by atoms with Gasteiger partial charge in [-0.3, -0.25) is 4.79 Å². The lowest BCUT2D eigenvalue weighted by Crippen LogP contribution is -2.12. The highest BCUT2D eigenvalue weighted by Crippen LogP contribution is 2.55. The largest absolute Gasteiger partial charge is 0.296 e. The first-order chi connectivity index (χ1) is 9.50. The van der Waals surface area contributed by atoms with Crippen LogP contribution >= 0.6 is 20.5 Å². The molecular formula is C15H16N2OS2. The molecular weight excluding hydrogens is 288 g/mol. The second-order valence-electron chi connectivity index (χ2n) is 5.67. The van der Waals surface area contributed by atoms with E-state index in [2.05, 4.69) is 31.9 Å². The lowest BCUT2D eigenvalue weighted by Gasteiger charge is -2.23. The molecule has 0 aliphatic carbocycles. The Morgan fingerprint density at radius 1 is 1.25 bits per heavy atom. The van der Waals surface area contributed by atoms with Crippen molar-refractivity contribution < 1.29 is 4.79 Å². The summed E-state index contributed by atoms with van der Waals surface area (Å²) < 4.78 is 1.97. The first-order valence-electron chi connectivity index (χ1n) is 6.42. The summed E-state index contributed by atoms with van der Waals surface area (Å²) in [5, 5.41) is 4.47. The number of anilines is 1. The molecule has 2 heterocycles. The van der Waals surface area contributed by atoms with Crippen LogP contribution in [-0.4, -0.2) is 16.9 Å². The fourth-order valence-electron chi connectivity index (χ4n) is 1.93. The van der Waals surface area contributed by atoms with Gasteiger partial charge in [0.2, 0.25) is 0 Å². The zero-order chi connectivity index (χ0) is 14.3. The molecule has 3 rings (SSSR count). The molecule has 0 spiro atoms. The number of benzene rings is 1. The second kappa shape index (κ2) is 4.90. The third-order valence-electron chi connectivity index (χ3n) is 3.06. The fourth-order valence-corrected chi connectivity index (χ4v) is 6.55. The monoisotopic (exact) mass is 304 g/mol. The van der Waals surface area contributed by atoms with E-state index in [9.17, 15) is 4.79 Å². The number of carbonyl (C=O) groups excluding carboxylic acids is 1. The molecule has 20 heavy (non-hydrogen) atoms. The lowest BCUT2D eigenvalue weighted by molar-refractivity contribution is -0.102. The van der Waals surface area contributed by atoms with Crippen molar-refractivity contribution in [1.82, 2.24) is 0 Å². The molecule has 0 N–H and O–H groups in total. The van der Waals surface area contributed by atoms with Gasteiger partial charge in [0.25, 0.3) is 0 Å². The summed E-state index contributed by atoms with van der Waals surface area (Å²) in [7, 11) is 1.59. The molecule has 5 heteroatoms. The lowest BCUT2D eigenvalue weighted by atomic mass is 9.95. The average molecular weight is 304 g/mol. The van der Waals surface area contributed by atoms with Crippen LogP contribution in [0.2, 0.25) is 0 Å². The molecule has 1 atom stereocenters. The summed E-state index contributed by atoms with van der Waals surface area (Å²) in [6.45, 7) is 6.59. The molecule has 0 amide bonds. The highest BCUT2D eigenvalue weighted by atomic mass is 33.1. The Morgan fingerprint density at radius 2 is 1.95 bits per heavy atom. The van der Waals surface area contributed by atoms with E-state index in [1.54, 1.807) is 0 Å². The summed E-state index contributed by atoms with van der Waals surface area (Å²) in [5.41, 5.74) is 1.69. The van der Waals surface area contributed by atoms with Crippen molar-refractivity contribution >= 4 is 43.0 Å². The van der Waals surface area contributed by atoms with Crippen LogP contribution in [0.15, 0.2) is 46.4 Å². The van der Waals surface area contributed by atoms with Gasteiger partial charge in [0.15, 0.2) is 6.29 Å². The van der Waals surface area contributed by atoms with E-state index in [4.69, 9.17) is 0 Å². The van der Waals surface area contributed by atoms with E-state index in [1.807, 2.05) is 45.5 Å². The third-order valence-corrected chi connectivity index (χ3v) is 7.41. The molecule has 0 bridgehead atoms. The van der Waals surface area contributed by atoms with E-state index in [0.29, 0.717) is 5.71 Å². The normalized spacial score (nSPS) is 21.6. The average Bonchev–Trinajstić information content (AvgIpc) is 2.97. The summed E-state index contributed by atoms with van der Waals surface area (Å²) in [5.74, 6) is 0. The van der Waals surface area contributed by atoms with Crippen LogP contribution in [0.3, 0.4) is 0 Å². The predicted octanol–water partition coefficient (Wildman–Crippen LogP) is 4.01. The zero-order valence-corrected chi connectivity index (χ0v) is 13.3. The first-order valence-corrected chi connectivity index (χ1v) is 8.93. The zero-order valence-electron chi connectivity index (χ0n) is 11.7. The van der Waals surface area contributed by atoms with Crippen LogP contribution < -0.4 is 4.41 Å². The van der Waals surface area contributed by atoms with Crippen LogP contribution in [0.1, 0.15) is 20.8 Å². The van der Waals surface area contributed by atoms with Gasteiger partial charge < -0.3 is 0 Å². The summed E-state index contributed by atoms with van der Waals surface area (Å²) in [6, 6.07) is 10.0. The quantitative estimate of drug-likeness (QED) is 0.470. The van der Waals surface area contributed by atoms with E-state index < -0.39 is 0 Å². The number of allylic oxidation sites excluding steroid dienone is 2. The molecule has 2 aliphatic heterocycles. The van der Waals surface area contributed by atoms with Gasteiger partial charge in [-0.2, -0.15) is 5.10 Å². The molecule has 3 nitrogen and oxygen atoms in total. The van der Waals surface area contributed by atoms with Crippen LogP contribution in [0.25, 0.3) is 0 Å². The number of hydrogen-bond donors (Lipinski definition) is 0.